The zero-order valence-corrected chi connectivity index (χ0v) is 11.3. The molecule has 0 N–H and O–H groups in total. The highest BCUT2D eigenvalue weighted by Crippen LogP contribution is 2.27. The molecular weight excluding hydrogens is 182 g/mol. The lowest BCUT2D eigenvalue weighted by Gasteiger charge is -2.17. The Balaban J connectivity index is 0.000000921. The van der Waals surface area contributed by atoms with Gasteiger partial charge in [-0.05, 0) is 35.4 Å². The van der Waals surface area contributed by atoms with Crippen LogP contribution in [0.4, 0.5) is 0 Å². The normalized spacial score (nSPS) is 10.2. The third-order valence-corrected chi connectivity index (χ3v) is 2.42. The average Bonchev–Trinajstić information content (AvgIpc) is 2.19. The van der Waals surface area contributed by atoms with Crippen LogP contribution in [0.3, 0.4) is 0 Å². The van der Waals surface area contributed by atoms with Crippen molar-refractivity contribution >= 4 is 0 Å². The van der Waals surface area contributed by atoms with Crippen LogP contribution in [0.1, 0.15) is 70.1 Å². The van der Waals surface area contributed by atoms with Crippen LogP contribution in [0, 0.1) is 6.92 Å². The fraction of sp³-hybridized carbons (Fsp3) is 0.643. The third kappa shape index (κ3) is 3.65. The summed E-state index contributed by atoms with van der Waals surface area (Å²) in [5.74, 6) is 1.17. The van der Waals surface area contributed by atoms with Crippen molar-refractivity contribution in [1.82, 2.24) is 4.98 Å². The van der Waals surface area contributed by atoms with Gasteiger partial charge >= 0.3 is 0 Å². The molecule has 1 aromatic rings. The zero-order valence-electron chi connectivity index (χ0n) is 11.3. The standard InChI is InChI=1S/C12H19N.C2H6/c1-8(2)11-7-13-6-10(5)12(11)9(3)4;1-2/h6-9H,1-5H3;1-2H3. The monoisotopic (exact) mass is 207 g/mol. The van der Waals surface area contributed by atoms with Gasteiger partial charge in [-0.3, -0.25) is 4.98 Å². The van der Waals surface area contributed by atoms with E-state index in [1.807, 2.05) is 26.2 Å². The quantitative estimate of drug-likeness (QED) is 0.687. The lowest BCUT2D eigenvalue weighted by molar-refractivity contribution is 0.775. The highest BCUT2D eigenvalue weighted by molar-refractivity contribution is 5.35. The molecule has 0 spiro atoms. The van der Waals surface area contributed by atoms with E-state index in [0.29, 0.717) is 11.8 Å². The molecule has 0 saturated carbocycles. The number of nitrogens with zero attached hydrogens (tertiary/aromatic N) is 1. The van der Waals surface area contributed by atoms with Gasteiger partial charge in [-0.1, -0.05) is 41.5 Å². The first-order valence-electron chi connectivity index (χ1n) is 5.98. The number of hydrogen-bond acceptors (Lipinski definition) is 1. The summed E-state index contributed by atoms with van der Waals surface area (Å²) < 4.78 is 0. The smallest absolute Gasteiger partial charge is 0.0305 e. The van der Waals surface area contributed by atoms with Gasteiger partial charge in [-0.2, -0.15) is 0 Å². The van der Waals surface area contributed by atoms with E-state index >= 15 is 0 Å². The maximum absolute atomic E-state index is 4.25. The van der Waals surface area contributed by atoms with Gasteiger partial charge in [0.1, 0.15) is 0 Å². The van der Waals surface area contributed by atoms with Crippen molar-refractivity contribution in [3.05, 3.63) is 29.1 Å². The van der Waals surface area contributed by atoms with Crippen molar-refractivity contribution < 1.29 is 0 Å². The van der Waals surface area contributed by atoms with Crippen molar-refractivity contribution in [2.24, 2.45) is 0 Å². The van der Waals surface area contributed by atoms with Crippen LogP contribution in [-0.2, 0) is 0 Å². The van der Waals surface area contributed by atoms with E-state index in [4.69, 9.17) is 0 Å². The molecule has 0 fully saturated rings. The van der Waals surface area contributed by atoms with Crippen molar-refractivity contribution in [2.75, 3.05) is 0 Å². The third-order valence-electron chi connectivity index (χ3n) is 2.42. The molecule has 0 aliphatic rings. The van der Waals surface area contributed by atoms with Crippen LogP contribution in [0.2, 0.25) is 0 Å². The summed E-state index contributed by atoms with van der Waals surface area (Å²) in [7, 11) is 0. The predicted octanol–water partition coefficient (Wildman–Crippen LogP) is 4.66. The van der Waals surface area contributed by atoms with Gasteiger partial charge in [0.15, 0.2) is 0 Å². The van der Waals surface area contributed by atoms with Gasteiger partial charge < -0.3 is 0 Å². The number of aryl methyl sites for hydroxylation is 1. The lowest BCUT2D eigenvalue weighted by Crippen LogP contribution is -2.02. The topological polar surface area (TPSA) is 12.9 Å². The Morgan fingerprint density at radius 1 is 0.933 bits per heavy atom. The molecule has 1 heterocycles. The van der Waals surface area contributed by atoms with Gasteiger partial charge in [0.05, 0.1) is 0 Å². The van der Waals surface area contributed by atoms with Crippen LogP contribution in [0.5, 0.6) is 0 Å². The van der Waals surface area contributed by atoms with Crippen molar-refractivity contribution in [1.29, 1.82) is 0 Å². The highest BCUT2D eigenvalue weighted by atomic mass is 14.6. The minimum absolute atomic E-state index is 0.574. The molecule has 0 aromatic carbocycles. The zero-order chi connectivity index (χ0) is 12.0. The van der Waals surface area contributed by atoms with Gasteiger partial charge in [-0.15, -0.1) is 0 Å². The van der Waals surface area contributed by atoms with Crippen LogP contribution in [0.25, 0.3) is 0 Å². The maximum atomic E-state index is 4.25. The molecule has 0 aliphatic heterocycles. The minimum atomic E-state index is 0.574. The molecular formula is C14H25N. The van der Waals surface area contributed by atoms with E-state index in [1.54, 1.807) is 0 Å². The van der Waals surface area contributed by atoms with Crippen LogP contribution >= 0.6 is 0 Å². The second-order valence-corrected chi connectivity index (χ2v) is 4.27. The van der Waals surface area contributed by atoms with Gasteiger partial charge in [0.2, 0.25) is 0 Å². The summed E-state index contributed by atoms with van der Waals surface area (Å²) in [5, 5.41) is 0. The van der Waals surface area contributed by atoms with Crippen LogP contribution < -0.4 is 0 Å². The lowest BCUT2D eigenvalue weighted by atomic mass is 9.89. The summed E-state index contributed by atoms with van der Waals surface area (Å²) >= 11 is 0. The first kappa shape index (κ1) is 14.2. The van der Waals surface area contributed by atoms with Gasteiger partial charge in [-0.25, -0.2) is 0 Å². The Bertz CT molecular complexity index is 287. The number of pyridine rings is 1. The molecule has 86 valence electrons. The summed E-state index contributed by atoms with van der Waals surface area (Å²) in [6.45, 7) is 15.1. The van der Waals surface area contributed by atoms with E-state index in [2.05, 4.69) is 39.6 Å². The van der Waals surface area contributed by atoms with E-state index in [-0.39, 0.29) is 0 Å². The molecule has 0 bridgehead atoms. The fourth-order valence-corrected chi connectivity index (χ4v) is 1.84. The number of aromatic nitrogens is 1. The summed E-state index contributed by atoms with van der Waals surface area (Å²) in [4.78, 5) is 4.25. The molecule has 0 saturated heterocycles. The Hall–Kier alpha value is -0.850. The Labute approximate surface area is 94.9 Å². The predicted molar refractivity (Wildman–Crippen MR) is 68.5 cm³/mol. The molecule has 0 unspecified atom stereocenters. The SMILES string of the molecule is CC.Cc1cncc(C(C)C)c1C(C)C. The Morgan fingerprint density at radius 2 is 1.47 bits per heavy atom. The summed E-state index contributed by atoms with van der Waals surface area (Å²) in [6.07, 6.45) is 3.97. The molecule has 1 aromatic heterocycles. The Morgan fingerprint density at radius 3 is 1.80 bits per heavy atom. The molecule has 1 nitrogen and oxygen atoms in total. The van der Waals surface area contributed by atoms with E-state index in [0.717, 1.165) is 0 Å². The first-order valence-corrected chi connectivity index (χ1v) is 5.98. The largest absolute Gasteiger partial charge is 0.264 e. The maximum Gasteiger partial charge on any atom is 0.0305 e. The van der Waals surface area contributed by atoms with E-state index in [9.17, 15) is 0 Å². The van der Waals surface area contributed by atoms with Crippen molar-refractivity contribution in [3.63, 3.8) is 0 Å². The highest BCUT2D eigenvalue weighted by Gasteiger charge is 2.11. The Kier molecular flexibility index (Phi) is 6.23. The number of rotatable bonds is 2. The van der Waals surface area contributed by atoms with Gasteiger partial charge in [0, 0.05) is 12.4 Å². The average molecular weight is 207 g/mol. The van der Waals surface area contributed by atoms with E-state index in [1.165, 1.54) is 16.7 Å². The number of hydrogen-bond donors (Lipinski definition) is 0. The fourth-order valence-electron chi connectivity index (χ4n) is 1.84. The molecule has 0 atom stereocenters. The second-order valence-electron chi connectivity index (χ2n) is 4.27. The minimum Gasteiger partial charge on any atom is -0.264 e. The molecule has 0 aliphatic carbocycles. The molecule has 1 heteroatoms. The summed E-state index contributed by atoms with van der Waals surface area (Å²) in [5.41, 5.74) is 4.20. The molecule has 1 rings (SSSR count). The molecule has 0 amide bonds. The summed E-state index contributed by atoms with van der Waals surface area (Å²) in [6, 6.07) is 0. The molecule has 15 heavy (non-hydrogen) atoms. The van der Waals surface area contributed by atoms with Gasteiger partial charge in [0.25, 0.3) is 0 Å². The second kappa shape index (κ2) is 6.60. The van der Waals surface area contributed by atoms with Crippen LogP contribution in [-0.4, -0.2) is 4.98 Å². The van der Waals surface area contributed by atoms with Crippen LogP contribution in [0.15, 0.2) is 12.4 Å². The van der Waals surface area contributed by atoms with Crippen molar-refractivity contribution in [2.45, 2.75) is 60.3 Å². The van der Waals surface area contributed by atoms with Crippen molar-refractivity contribution in [3.8, 4) is 0 Å². The van der Waals surface area contributed by atoms with E-state index < -0.39 is 0 Å². The first-order chi connectivity index (χ1) is 7.04. The molecule has 0 radical (unpaired) electrons.